The Morgan fingerprint density at radius 2 is 0.903 bits per heavy atom. The summed E-state index contributed by atoms with van der Waals surface area (Å²) in [5.74, 6) is -10.8. The third-order valence-electron chi connectivity index (χ3n) is 17.3. The highest BCUT2D eigenvalue weighted by molar-refractivity contribution is 7.99. The largest absolute Gasteiger partial charge is 0.469 e. The van der Waals surface area contributed by atoms with Crippen LogP contribution in [-0.4, -0.2) is 251 Å². The molecule has 1 aliphatic heterocycles. The van der Waals surface area contributed by atoms with Crippen LogP contribution in [0.4, 0.5) is 0 Å². The third-order valence-corrected chi connectivity index (χ3v) is 18.4. The molecule has 1 fully saturated rings. The van der Waals surface area contributed by atoms with Gasteiger partial charge in [-0.3, -0.25) is 57.5 Å². The molecule has 1 rings (SSSR count). The maximum atomic E-state index is 15.3. The first-order valence-corrected chi connectivity index (χ1v) is 34.2. The average Bonchev–Trinajstić information content (AvgIpc) is 0.848. The Morgan fingerprint density at radius 3 is 1.35 bits per heavy atom. The van der Waals surface area contributed by atoms with E-state index in [2.05, 4.69) is 21.3 Å². The van der Waals surface area contributed by atoms with E-state index in [9.17, 15) is 33.9 Å². The Labute approximate surface area is 560 Å². The fraction of sp³-hybridized carbons (Fsp3) is 0.791. The van der Waals surface area contributed by atoms with Crippen molar-refractivity contribution in [2.45, 2.75) is 235 Å². The molecule has 26 heteroatoms. The molecule has 0 aliphatic carbocycles. The molecule has 5 N–H and O–H groups in total. The summed E-state index contributed by atoms with van der Waals surface area (Å²) in [6.07, 6.45) is 2.70. The smallest absolute Gasteiger partial charge is 0.306 e. The topological polar surface area (TPSA) is 305 Å². The van der Waals surface area contributed by atoms with Gasteiger partial charge < -0.3 is 65.4 Å². The third kappa shape index (κ3) is 24.4. The Hall–Kier alpha value is -6.31. The molecule has 0 spiro atoms. The van der Waals surface area contributed by atoms with Crippen LogP contribution in [0.15, 0.2) is 12.2 Å². The lowest BCUT2D eigenvalue weighted by molar-refractivity contribution is -0.157. The van der Waals surface area contributed by atoms with E-state index < -0.39 is 161 Å². The summed E-state index contributed by atoms with van der Waals surface area (Å²) >= 11 is 1.17. The number of nitrogens with zero attached hydrogens (tertiary/aromatic N) is 7. The molecule has 1 heterocycles. The monoisotopic (exact) mass is 1330 g/mol. The number of rotatable bonds is 20. The first kappa shape index (κ1) is 84.7. The Bertz CT molecular complexity index is 2570. The molecule has 0 radical (unpaired) electrons. The molecule has 0 aromatic heterocycles. The quantitative estimate of drug-likeness (QED) is 0.0655. The maximum absolute atomic E-state index is 15.3. The molecule has 0 unspecified atom stereocenters. The van der Waals surface area contributed by atoms with E-state index in [0.717, 1.165) is 9.80 Å². The summed E-state index contributed by atoms with van der Waals surface area (Å²) in [5.41, 5.74) is 0. The van der Waals surface area contributed by atoms with Gasteiger partial charge in [0.25, 0.3) is 0 Å². The lowest BCUT2D eigenvalue weighted by Gasteiger charge is -2.41. The van der Waals surface area contributed by atoms with Gasteiger partial charge in [-0.05, 0) is 101 Å². The van der Waals surface area contributed by atoms with Crippen molar-refractivity contribution in [1.82, 2.24) is 55.6 Å². The van der Waals surface area contributed by atoms with Crippen molar-refractivity contribution < 1.29 is 67.4 Å². The molecule has 93 heavy (non-hydrogen) atoms. The van der Waals surface area contributed by atoms with Gasteiger partial charge in [0.15, 0.2) is 0 Å². The van der Waals surface area contributed by atoms with Gasteiger partial charge >= 0.3 is 5.97 Å². The van der Waals surface area contributed by atoms with E-state index in [1.165, 1.54) is 107 Å². The zero-order valence-corrected chi connectivity index (χ0v) is 61.6. The zero-order chi connectivity index (χ0) is 72.0. The van der Waals surface area contributed by atoms with Gasteiger partial charge in [0.05, 0.1) is 19.6 Å². The lowest BCUT2D eigenvalue weighted by atomic mass is 9.91. The van der Waals surface area contributed by atoms with Crippen LogP contribution >= 0.6 is 11.8 Å². The van der Waals surface area contributed by atoms with Crippen LogP contribution in [0.3, 0.4) is 0 Å². The Morgan fingerprint density at radius 1 is 0.495 bits per heavy atom. The summed E-state index contributed by atoms with van der Waals surface area (Å²) in [7, 11) is 11.1. The summed E-state index contributed by atoms with van der Waals surface area (Å²) < 4.78 is 4.85. The fourth-order valence-electron chi connectivity index (χ4n) is 11.4. The van der Waals surface area contributed by atoms with Crippen LogP contribution in [0.1, 0.15) is 163 Å². The number of aliphatic hydroxyl groups excluding tert-OH is 1. The highest BCUT2D eigenvalue weighted by Gasteiger charge is 2.46. The number of esters is 1. The summed E-state index contributed by atoms with van der Waals surface area (Å²) in [5, 5.41) is 23.3. The number of allylic oxidation sites excluding steroid dienone is 2. The van der Waals surface area contributed by atoms with Gasteiger partial charge in [-0.15, -0.1) is 0 Å². The van der Waals surface area contributed by atoms with Crippen LogP contribution in [-0.2, 0) is 62.3 Å². The number of carbonyl (C=O) groups is 12. The normalized spacial score (nSPS) is 26.3. The van der Waals surface area contributed by atoms with Crippen molar-refractivity contribution in [2.24, 2.45) is 41.4 Å². The minimum absolute atomic E-state index is 0.0356. The van der Waals surface area contributed by atoms with Crippen molar-refractivity contribution in [3.8, 4) is 0 Å². The molecule has 0 saturated carbocycles. The van der Waals surface area contributed by atoms with Crippen molar-refractivity contribution in [1.29, 1.82) is 0 Å². The van der Waals surface area contributed by atoms with Crippen LogP contribution in [0, 0.1) is 41.4 Å². The van der Waals surface area contributed by atoms with Crippen molar-refractivity contribution in [2.75, 3.05) is 67.9 Å². The maximum Gasteiger partial charge on any atom is 0.306 e. The molecule has 0 bridgehead atoms. The van der Waals surface area contributed by atoms with E-state index in [0.29, 0.717) is 0 Å². The van der Waals surface area contributed by atoms with E-state index in [1.807, 2.05) is 55.4 Å². The molecule has 1 saturated heterocycles. The average molecular weight is 1330 g/mol. The van der Waals surface area contributed by atoms with Gasteiger partial charge in [0, 0.05) is 60.8 Å². The fourth-order valence-corrected chi connectivity index (χ4v) is 12.5. The second kappa shape index (κ2) is 39.5. The number of hydrogen-bond acceptors (Lipinski definition) is 15. The highest BCUT2D eigenvalue weighted by atomic mass is 32.2. The van der Waals surface area contributed by atoms with Crippen LogP contribution in [0.5, 0.6) is 0 Å². The molecule has 13 atom stereocenters. The number of aliphatic hydroxyl groups is 1. The van der Waals surface area contributed by atoms with Gasteiger partial charge in [-0.1, -0.05) is 109 Å². The zero-order valence-electron chi connectivity index (χ0n) is 60.8. The summed E-state index contributed by atoms with van der Waals surface area (Å²) in [6, 6.07) is -14.2. The van der Waals surface area contributed by atoms with Crippen LogP contribution in [0.25, 0.3) is 0 Å². The molecule has 0 aromatic rings. The van der Waals surface area contributed by atoms with Crippen molar-refractivity contribution in [3.05, 3.63) is 12.2 Å². The van der Waals surface area contributed by atoms with Gasteiger partial charge in [-0.2, -0.15) is 11.8 Å². The molecular formula is C67H119N11O14S. The summed E-state index contributed by atoms with van der Waals surface area (Å²) in [4.78, 5) is 184. The SMILES string of the molecule is C/C=C/C[C@@H](C)[C@@H](O)[C@H]1C(=O)N[C@@H](CC)C(=O)N(C)[C@H](CSCCC(=O)OC)C(=O)N(C)[C@@H](CC(C)C)C(=O)N[C@@H](C(C)C)C(=O)N(C)[C@@H](CC(C)C)C(=O)N[C@@H](C)C(=O)N[C@H](C)C(=O)N(C)[C@@H](CC(C)C)C(=O)N(C)[C@@H](CC(C)C)C(=O)N(C)[C@@H](C(C)C)C(=O)N1C. The molecule has 1 aliphatic rings. The van der Waals surface area contributed by atoms with E-state index in [1.54, 1.807) is 60.6 Å². The molecule has 0 aromatic carbocycles. The van der Waals surface area contributed by atoms with Crippen molar-refractivity contribution in [3.63, 3.8) is 0 Å². The number of carbonyl (C=O) groups excluding carboxylic acids is 12. The molecule has 532 valence electrons. The van der Waals surface area contributed by atoms with Gasteiger partial charge in [-0.25, -0.2) is 0 Å². The van der Waals surface area contributed by atoms with E-state index in [-0.39, 0.29) is 80.1 Å². The number of thioether (sulfide) groups is 1. The minimum atomic E-state index is -1.67. The molecule has 25 nitrogen and oxygen atoms in total. The van der Waals surface area contributed by atoms with E-state index in [4.69, 9.17) is 4.74 Å². The number of methoxy groups -OCH3 is 1. The van der Waals surface area contributed by atoms with Gasteiger partial charge in [0.2, 0.25) is 65.0 Å². The number of likely N-dealkylation sites (N-methyl/N-ethyl adjacent to an activating group) is 7. The number of nitrogens with one attached hydrogen (secondary N) is 4. The minimum Gasteiger partial charge on any atom is -0.469 e. The number of amides is 11. The van der Waals surface area contributed by atoms with E-state index >= 15 is 28.8 Å². The number of hydrogen-bond donors (Lipinski definition) is 5. The van der Waals surface area contributed by atoms with Crippen molar-refractivity contribution >= 4 is 82.7 Å². The Kier molecular flexibility index (Phi) is 36.0. The van der Waals surface area contributed by atoms with Crippen LogP contribution < -0.4 is 21.3 Å². The predicted octanol–water partition coefficient (Wildman–Crippen LogP) is 3.93. The second-order valence-electron chi connectivity index (χ2n) is 27.7. The predicted molar refractivity (Wildman–Crippen MR) is 361 cm³/mol. The standard InChI is InChI=1S/C67H119N11O14S/c1-26-28-29-43(15)56(80)55-60(84)70-46(27-2)62(86)76(22)51(36-93-31-30-52(79)92-25)65(89)72(18)48(33-38(5)6)59(83)71-53(41(11)12)66(90)73(19)47(32-37(3)4)58(82)68-44(16)57(81)69-45(17)61(85)74(20)49(34-39(7)8)63(87)75(21)50(35-40(9)10)64(88)77(23)54(42(13)14)67(91)78(55)24/h26,28,37-51,53-56,80H,27,29-36H2,1-25H3,(H,68,82)(H,69,81)(H,70,84)(H,71,83)/b28-26+/t43-,44+,45-,46+,47+,48+,49+,50+,51-,53+,54+,55+,56-/m1/s1. The first-order valence-electron chi connectivity index (χ1n) is 33.1. The highest BCUT2D eigenvalue weighted by Crippen LogP contribution is 2.26. The molecule has 11 amide bonds. The summed E-state index contributed by atoms with van der Waals surface area (Å²) in [6.45, 7) is 29.7. The molecular weight excluding hydrogens is 1210 g/mol. The lowest BCUT2D eigenvalue weighted by Crippen LogP contribution is -2.64. The first-order chi connectivity index (χ1) is 43.1. The second-order valence-corrected chi connectivity index (χ2v) is 28.9. The van der Waals surface area contributed by atoms with Crippen LogP contribution in [0.2, 0.25) is 0 Å². The number of ether oxygens (including phenoxy) is 1. The van der Waals surface area contributed by atoms with Gasteiger partial charge in [0.1, 0.15) is 66.5 Å². The Balaban J connectivity index is 4.54.